The summed E-state index contributed by atoms with van der Waals surface area (Å²) in [5, 5.41) is 11.0. The Kier molecular flexibility index (Phi) is 3.16. The maximum Gasteiger partial charge on any atom is 0.105 e. The van der Waals surface area contributed by atoms with Crippen LogP contribution < -0.4 is 5.73 Å². The third-order valence-electron chi connectivity index (χ3n) is 5.08. The number of nitrogens with two attached hydrogens (primary N) is 1. The Morgan fingerprint density at radius 3 is 2.44 bits per heavy atom. The minimum Gasteiger partial charge on any atom is -0.384 e. The van der Waals surface area contributed by atoms with Crippen molar-refractivity contribution in [1.82, 2.24) is 0 Å². The first-order valence-electron chi connectivity index (χ1n) is 7.23. The Morgan fingerprint density at radius 1 is 1.06 bits per heavy atom. The van der Waals surface area contributed by atoms with E-state index in [2.05, 4.69) is 0 Å². The minimum atomic E-state index is -0.806. The van der Waals surface area contributed by atoms with Crippen LogP contribution in [-0.2, 0) is 5.60 Å². The van der Waals surface area contributed by atoms with Crippen molar-refractivity contribution in [3.05, 3.63) is 35.9 Å². The third kappa shape index (κ3) is 1.98. The number of hydrogen-bond acceptors (Lipinski definition) is 2. The van der Waals surface area contributed by atoms with Gasteiger partial charge in [0.05, 0.1) is 0 Å². The van der Waals surface area contributed by atoms with Gasteiger partial charge in [-0.3, -0.25) is 0 Å². The largest absolute Gasteiger partial charge is 0.384 e. The van der Waals surface area contributed by atoms with E-state index in [1.54, 1.807) is 0 Å². The Hall–Kier alpha value is -0.860. The summed E-state index contributed by atoms with van der Waals surface area (Å²) in [5.41, 5.74) is 6.50. The lowest BCUT2D eigenvalue weighted by molar-refractivity contribution is -0.0666. The summed E-state index contributed by atoms with van der Waals surface area (Å²) in [6.07, 6.45) is 7.08. The molecule has 2 heteroatoms. The molecule has 0 heterocycles. The molecule has 0 radical (unpaired) electrons. The quantitative estimate of drug-likeness (QED) is 0.799. The highest BCUT2D eigenvalue weighted by Crippen LogP contribution is 2.47. The van der Waals surface area contributed by atoms with Crippen LogP contribution in [0, 0.1) is 11.8 Å². The summed E-state index contributed by atoms with van der Waals surface area (Å²) in [7, 11) is 0. The molecule has 2 nitrogen and oxygen atoms in total. The smallest absolute Gasteiger partial charge is 0.105 e. The summed E-state index contributed by atoms with van der Waals surface area (Å²) in [4.78, 5) is 0. The fourth-order valence-electron chi connectivity index (χ4n) is 3.99. The maximum absolute atomic E-state index is 11.0. The van der Waals surface area contributed by atoms with Crippen molar-refractivity contribution in [2.75, 3.05) is 0 Å². The molecule has 98 valence electrons. The molecular formula is C16H23NO. The second kappa shape index (κ2) is 4.67. The number of aliphatic hydroxyl groups is 1. The van der Waals surface area contributed by atoms with Crippen LogP contribution in [-0.4, -0.2) is 11.1 Å². The van der Waals surface area contributed by atoms with E-state index in [1.807, 2.05) is 30.3 Å². The molecule has 0 unspecified atom stereocenters. The zero-order valence-electron chi connectivity index (χ0n) is 10.9. The van der Waals surface area contributed by atoms with E-state index in [0.717, 1.165) is 24.3 Å². The second-order valence-electron chi connectivity index (χ2n) is 6.14. The van der Waals surface area contributed by atoms with Gasteiger partial charge in [-0.25, -0.2) is 0 Å². The van der Waals surface area contributed by atoms with Gasteiger partial charge >= 0.3 is 0 Å². The lowest BCUT2D eigenvalue weighted by atomic mass is 9.62. The van der Waals surface area contributed by atoms with E-state index in [4.69, 9.17) is 5.73 Å². The van der Waals surface area contributed by atoms with Gasteiger partial charge in [-0.15, -0.1) is 0 Å². The van der Waals surface area contributed by atoms with E-state index in [1.165, 1.54) is 25.7 Å². The molecule has 4 atom stereocenters. The van der Waals surface area contributed by atoms with Crippen molar-refractivity contribution >= 4 is 0 Å². The van der Waals surface area contributed by atoms with Crippen LogP contribution in [0.3, 0.4) is 0 Å². The van der Waals surface area contributed by atoms with E-state index in [9.17, 15) is 5.11 Å². The van der Waals surface area contributed by atoms with Gasteiger partial charge in [0.25, 0.3) is 0 Å². The van der Waals surface area contributed by atoms with Crippen LogP contribution in [0.15, 0.2) is 30.3 Å². The molecule has 2 saturated carbocycles. The van der Waals surface area contributed by atoms with Gasteiger partial charge in [0.2, 0.25) is 0 Å². The van der Waals surface area contributed by atoms with E-state index >= 15 is 0 Å². The van der Waals surface area contributed by atoms with Crippen molar-refractivity contribution < 1.29 is 5.11 Å². The fraction of sp³-hybridized carbons (Fsp3) is 0.625. The summed E-state index contributed by atoms with van der Waals surface area (Å²) in [5.74, 6) is 1.42. The van der Waals surface area contributed by atoms with Gasteiger partial charge in [0.1, 0.15) is 5.60 Å². The lowest BCUT2D eigenvalue weighted by Gasteiger charge is -2.47. The lowest BCUT2D eigenvalue weighted by Crippen LogP contribution is -2.53. The highest BCUT2D eigenvalue weighted by molar-refractivity contribution is 5.25. The molecule has 0 bridgehead atoms. The van der Waals surface area contributed by atoms with Gasteiger partial charge in [-0.1, -0.05) is 56.0 Å². The topological polar surface area (TPSA) is 46.2 Å². The molecule has 2 fully saturated rings. The summed E-state index contributed by atoms with van der Waals surface area (Å²) >= 11 is 0. The first kappa shape index (κ1) is 12.2. The van der Waals surface area contributed by atoms with E-state index in [0.29, 0.717) is 5.92 Å². The first-order chi connectivity index (χ1) is 8.70. The van der Waals surface area contributed by atoms with Crippen molar-refractivity contribution in [1.29, 1.82) is 0 Å². The number of rotatable bonds is 1. The monoisotopic (exact) mass is 245 g/mol. The van der Waals surface area contributed by atoms with E-state index < -0.39 is 5.60 Å². The SMILES string of the molecule is N[C@H]1C[C@@H]2CCCC[C@H]2C[C@@]1(O)c1ccccc1. The Labute approximate surface area is 109 Å². The molecule has 1 aromatic rings. The number of hydrogen-bond donors (Lipinski definition) is 2. The predicted octanol–water partition coefficient (Wildman–Crippen LogP) is 2.80. The third-order valence-corrected chi connectivity index (χ3v) is 5.08. The standard InChI is InChI=1S/C16H23NO/c17-15-10-12-6-4-5-7-13(12)11-16(15,18)14-8-2-1-3-9-14/h1-3,8-9,12-13,15,18H,4-7,10-11,17H2/t12-,13-,15-,16+/m0/s1. The minimum absolute atomic E-state index is 0.112. The van der Waals surface area contributed by atoms with E-state index in [-0.39, 0.29) is 6.04 Å². The van der Waals surface area contributed by atoms with Crippen molar-refractivity contribution in [3.63, 3.8) is 0 Å². The highest BCUT2D eigenvalue weighted by Gasteiger charge is 2.46. The van der Waals surface area contributed by atoms with Crippen LogP contribution >= 0.6 is 0 Å². The molecular weight excluding hydrogens is 222 g/mol. The highest BCUT2D eigenvalue weighted by atomic mass is 16.3. The van der Waals surface area contributed by atoms with Gasteiger partial charge < -0.3 is 10.8 Å². The van der Waals surface area contributed by atoms with Crippen molar-refractivity contribution in [2.24, 2.45) is 17.6 Å². The molecule has 0 aliphatic heterocycles. The molecule has 2 aliphatic carbocycles. The maximum atomic E-state index is 11.0. The molecule has 2 aliphatic rings. The predicted molar refractivity (Wildman–Crippen MR) is 73.0 cm³/mol. The van der Waals surface area contributed by atoms with Crippen LogP contribution in [0.5, 0.6) is 0 Å². The van der Waals surface area contributed by atoms with Crippen molar-refractivity contribution in [3.8, 4) is 0 Å². The molecule has 3 rings (SSSR count). The zero-order valence-corrected chi connectivity index (χ0v) is 10.9. The molecule has 0 saturated heterocycles. The fourth-order valence-corrected chi connectivity index (χ4v) is 3.99. The summed E-state index contributed by atoms with van der Waals surface area (Å²) in [6, 6.07) is 9.90. The summed E-state index contributed by atoms with van der Waals surface area (Å²) < 4.78 is 0. The molecule has 18 heavy (non-hydrogen) atoms. The van der Waals surface area contributed by atoms with Crippen molar-refractivity contribution in [2.45, 2.75) is 50.2 Å². The Balaban J connectivity index is 1.87. The normalized spacial score (nSPS) is 40.2. The Bertz CT molecular complexity index is 405. The van der Waals surface area contributed by atoms with Gasteiger partial charge in [-0.05, 0) is 30.2 Å². The van der Waals surface area contributed by atoms with Crippen LogP contribution in [0.4, 0.5) is 0 Å². The van der Waals surface area contributed by atoms with Crippen LogP contribution in [0.1, 0.15) is 44.1 Å². The molecule has 1 aromatic carbocycles. The van der Waals surface area contributed by atoms with Gasteiger partial charge in [-0.2, -0.15) is 0 Å². The first-order valence-corrected chi connectivity index (χ1v) is 7.23. The number of fused-ring (bicyclic) bond motifs is 1. The average molecular weight is 245 g/mol. The molecule has 0 spiro atoms. The summed E-state index contributed by atoms with van der Waals surface area (Å²) in [6.45, 7) is 0. The Morgan fingerprint density at radius 2 is 1.72 bits per heavy atom. The number of benzene rings is 1. The van der Waals surface area contributed by atoms with Gasteiger partial charge in [0, 0.05) is 6.04 Å². The van der Waals surface area contributed by atoms with Crippen LogP contribution in [0.2, 0.25) is 0 Å². The second-order valence-corrected chi connectivity index (χ2v) is 6.14. The molecule has 3 N–H and O–H groups in total. The van der Waals surface area contributed by atoms with Gasteiger partial charge in [0.15, 0.2) is 0 Å². The zero-order chi connectivity index (χ0) is 12.6. The van der Waals surface area contributed by atoms with Crippen LogP contribution in [0.25, 0.3) is 0 Å². The average Bonchev–Trinajstić information content (AvgIpc) is 2.41. The molecule has 0 amide bonds. The molecule has 0 aromatic heterocycles.